The first-order chi connectivity index (χ1) is 13.5. The molecule has 0 fully saturated rings. The molecule has 142 valence electrons. The van der Waals surface area contributed by atoms with Crippen molar-refractivity contribution in [3.63, 3.8) is 0 Å². The molecule has 1 aromatic heterocycles. The normalized spacial score (nSPS) is 13.3. The van der Waals surface area contributed by atoms with Crippen LogP contribution in [0, 0.1) is 12.7 Å². The molecule has 0 atom stereocenters. The summed E-state index contributed by atoms with van der Waals surface area (Å²) >= 11 is 0. The molecule has 0 aliphatic carbocycles. The van der Waals surface area contributed by atoms with Gasteiger partial charge in [-0.2, -0.15) is 5.10 Å². The van der Waals surface area contributed by atoms with Gasteiger partial charge in [-0.25, -0.2) is 9.07 Å². The fraction of sp³-hybridized carbons (Fsp3) is 0.227. The van der Waals surface area contributed by atoms with E-state index in [1.54, 1.807) is 23.1 Å². The van der Waals surface area contributed by atoms with Crippen molar-refractivity contribution >= 4 is 11.6 Å². The van der Waals surface area contributed by atoms with Crippen LogP contribution in [0.1, 0.15) is 17.5 Å². The monoisotopic (exact) mass is 377 g/mol. The smallest absolute Gasteiger partial charge is 0.267 e. The van der Waals surface area contributed by atoms with E-state index in [4.69, 9.17) is 0 Å². The molecule has 0 spiro atoms. The predicted octanol–water partition coefficient (Wildman–Crippen LogP) is 3.34. The Hall–Kier alpha value is -3.28. The molecule has 1 amide bonds. The molecule has 4 rings (SSSR count). The summed E-state index contributed by atoms with van der Waals surface area (Å²) in [5.41, 5.74) is 4.08. The van der Waals surface area contributed by atoms with Gasteiger partial charge in [-0.15, -0.1) is 0 Å². The summed E-state index contributed by atoms with van der Waals surface area (Å²) in [5.74, 6) is -0.512. The fourth-order valence-electron chi connectivity index (χ4n) is 3.54. The number of carbonyl (C=O) groups is 1. The van der Waals surface area contributed by atoms with Crippen molar-refractivity contribution in [2.75, 3.05) is 11.4 Å². The Balaban J connectivity index is 1.61. The highest BCUT2D eigenvalue weighted by atomic mass is 19.1. The molecule has 6 heteroatoms. The Kier molecular flexibility index (Phi) is 4.77. The van der Waals surface area contributed by atoms with E-state index in [-0.39, 0.29) is 23.8 Å². The van der Waals surface area contributed by atoms with Crippen molar-refractivity contribution in [1.29, 1.82) is 0 Å². The molecular weight excluding hydrogens is 357 g/mol. The van der Waals surface area contributed by atoms with E-state index in [0.717, 1.165) is 29.7 Å². The minimum absolute atomic E-state index is 0.138. The first-order valence-corrected chi connectivity index (χ1v) is 9.25. The lowest BCUT2D eigenvalue weighted by molar-refractivity contribution is -0.119. The van der Waals surface area contributed by atoms with Gasteiger partial charge in [0.1, 0.15) is 12.4 Å². The summed E-state index contributed by atoms with van der Waals surface area (Å²) in [6, 6.07) is 14.9. The second kappa shape index (κ2) is 7.38. The number of hydrogen-bond donors (Lipinski definition) is 0. The molecule has 3 aromatic rings. The molecule has 28 heavy (non-hydrogen) atoms. The lowest BCUT2D eigenvalue weighted by atomic mass is 9.99. The number of carbonyl (C=O) groups excluding carboxylic acids is 1. The van der Waals surface area contributed by atoms with Gasteiger partial charge in [-0.3, -0.25) is 9.59 Å². The molecule has 0 radical (unpaired) electrons. The number of halogens is 1. The van der Waals surface area contributed by atoms with Crippen LogP contribution in [0.4, 0.5) is 10.1 Å². The van der Waals surface area contributed by atoms with Gasteiger partial charge in [0.05, 0.1) is 5.69 Å². The zero-order valence-corrected chi connectivity index (χ0v) is 15.6. The fourth-order valence-corrected chi connectivity index (χ4v) is 3.54. The predicted molar refractivity (Wildman–Crippen MR) is 106 cm³/mol. The molecule has 0 saturated heterocycles. The minimum Gasteiger partial charge on any atom is -0.311 e. The summed E-state index contributed by atoms with van der Waals surface area (Å²) in [5, 5.41) is 4.31. The standard InChI is InChI=1S/C22H20FN3O2/c1-15-4-10-20-17(13-15)3-2-12-25(20)22(28)14-26-21(27)11-9-19(24-26)16-5-7-18(23)8-6-16/h4-11,13H,2-3,12,14H2,1H3. The maximum absolute atomic E-state index is 13.1. The van der Waals surface area contributed by atoms with E-state index in [1.807, 2.05) is 19.1 Å². The van der Waals surface area contributed by atoms with Crippen LogP contribution in [0.2, 0.25) is 0 Å². The molecule has 0 saturated carbocycles. The summed E-state index contributed by atoms with van der Waals surface area (Å²) < 4.78 is 14.3. The number of aryl methyl sites for hydroxylation is 2. The minimum atomic E-state index is -0.347. The molecule has 1 aliphatic heterocycles. The van der Waals surface area contributed by atoms with Gasteiger partial charge in [0.25, 0.3) is 5.56 Å². The highest BCUT2D eigenvalue weighted by Crippen LogP contribution is 2.28. The van der Waals surface area contributed by atoms with Crippen LogP contribution in [0.25, 0.3) is 11.3 Å². The van der Waals surface area contributed by atoms with E-state index in [0.29, 0.717) is 17.8 Å². The molecule has 0 bridgehead atoms. The molecule has 5 nitrogen and oxygen atoms in total. The summed E-state index contributed by atoms with van der Waals surface area (Å²) in [7, 11) is 0. The zero-order valence-electron chi connectivity index (χ0n) is 15.6. The molecular formula is C22H20FN3O2. The first kappa shape index (κ1) is 18.1. The van der Waals surface area contributed by atoms with Crippen LogP contribution in [-0.4, -0.2) is 22.2 Å². The van der Waals surface area contributed by atoms with Gasteiger partial charge in [-0.05, 0) is 61.7 Å². The van der Waals surface area contributed by atoms with Crippen LogP contribution in [0.15, 0.2) is 59.4 Å². The second-order valence-electron chi connectivity index (χ2n) is 7.00. The van der Waals surface area contributed by atoms with Gasteiger partial charge < -0.3 is 4.90 Å². The number of fused-ring (bicyclic) bond motifs is 1. The van der Waals surface area contributed by atoms with Gasteiger partial charge in [0.15, 0.2) is 0 Å². The van der Waals surface area contributed by atoms with Crippen LogP contribution < -0.4 is 10.5 Å². The Bertz CT molecular complexity index is 1090. The molecule has 2 aromatic carbocycles. The summed E-state index contributed by atoms with van der Waals surface area (Å²) in [4.78, 5) is 26.9. The maximum atomic E-state index is 13.1. The molecule has 0 unspecified atom stereocenters. The lowest BCUT2D eigenvalue weighted by Crippen LogP contribution is -2.40. The van der Waals surface area contributed by atoms with Crippen molar-refractivity contribution in [3.8, 4) is 11.3 Å². The van der Waals surface area contributed by atoms with E-state index in [1.165, 1.54) is 22.9 Å². The van der Waals surface area contributed by atoms with Crippen molar-refractivity contribution in [3.05, 3.63) is 81.9 Å². The Morgan fingerprint density at radius 2 is 1.89 bits per heavy atom. The average molecular weight is 377 g/mol. The Labute approximate surface area is 162 Å². The lowest BCUT2D eigenvalue weighted by Gasteiger charge is -2.30. The van der Waals surface area contributed by atoms with Crippen LogP contribution in [0.5, 0.6) is 0 Å². The van der Waals surface area contributed by atoms with E-state index < -0.39 is 0 Å². The molecule has 1 aliphatic rings. The molecule has 2 heterocycles. The third-order valence-electron chi connectivity index (χ3n) is 4.95. The van der Waals surface area contributed by atoms with Crippen molar-refractivity contribution in [2.24, 2.45) is 0 Å². The number of hydrogen-bond acceptors (Lipinski definition) is 3. The average Bonchev–Trinajstić information content (AvgIpc) is 2.69. The van der Waals surface area contributed by atoms with E-state index in [2.05, 4.69) is 11.2 Å². The van der Waals surface area contributed by atoms with Crippen LogP contribution in [0.3, 0.4) is 0 Å². The third kappa shape index (κ3) is 3.58. The van der Waals surface area contributed by atoms with Gasteiger partial charge >= 0.3 is 0 Å². The quantitative estimate of drug-likeness (QED) is 0.704. The Morgan fingerprint density at radius 1 is 1.11 bits per heavy atom. The number of aromatic nitrogens is 2. The highest BCUT2D eigenvalue weighted by molar-refractivity contribution is 5.94. The summed E-state index contributed by atoms with van der Waals surface area (Å²) in [6.45, 7) is 2.52. The maximum Gasteiger partial charge on any atom is 0.267 e. The van der Waals surface area contributed by atoms with Gasteiger partial charge in [0, 0.05) is 23.9 Å². The van der Waals surface area contributed by atoms with Crippen LogP contribution >= 0.6 is 0 Å². The van der Waals surface area contributed by atoms with Crippen molar-refractivity contribution in [2.45, 2.75) is 26.3 Å². The zero-order chi connectivity index (χ0) is 19.7. The Morgan fingerprint density at radius 3 is 2.68 bits per heavy atom. The second-order valence-corrected chi connectivity index (χ2v) is 7.00. The van der Waals surface area contributed by atoms with Gasteiger partial charge in [-0.1, -0.05) is 17.7 Å². The number of anilines is 1. The van der Waals surface area contributed by atoms with Crippen molar-refractivity contribution in [1.82, 2.24) is 9.78 Å². The first-order valence-electron chi connectivity index (χ1n) is 9.25. The summed E-state index contributed by atoms with van der Waals surface area (Å²) in [6.07, 6.45) is 1.83. The SMILES string of the molecule is Cc1ccc2c(c1)CCCN2C(=O)Cn1nc(-c2ccc(F)cc2)ccc1=O. The number of benzene rings is 2. The molecule has 0 N–H and O–H groups in total. The number of amides is 1. The van der Waals surface area contributed by atoms with E-state index >= 15 is 0 Å². The van der Waals surface area contributed by atoms with E-state index in [9.17, 15) is 14.0 Å². The number of nitrogens with zero attached hydrogens (tertiary/aromatic N) is 3. The largest absolute Gasteiger partial charge is 0.311 e. The third-order valence-corrected chi connectivity index (χ3v) is 4.95. The highest BCUT2D eigenvalue weighted by Gasteiger charge is 2.23. The number of rotatable bonds is 3. The topological polar surface area (TPSA) is 55.2 Å². The van der Waals surface area contributed by atoms with Gasteiger partial charge in [0.2, 0.25) is 5.91 Å². The van der Waals surface area contributed by atoms with Crippen LogP contribution in [-0.2, 0) is 17.8 Å². The van der Waals surface area contributed by atoms with Crippen molar-refractivity contribution < 1.29 is 9.18 Å².